The van der Waals surface area contributed by atoms with Crippen molar-refractivity contribution in [3.8, 4) is 5.75 Å². The Kier molecular flexibility index (Phi) is 4.01. The molecule has 19 heavy (non-hydrogen) atoms. The monoisotopic (exact) mass is 275 g/mol. The molecule has 2 rings (SSSR count). The van der Waals surface area contributed by atoms with Gasteiger partial charge in [-0.1, -0.05) is 12.1 Å². The van der Waals surface area contributed by atoms with Gasteiger partial charge in [0.1, 0.15) is 5.75 Å². The number of piperidine rings is 1. The van der Waals surface area contributed by atoms with Gasteiger partial charge in [-0.15, -0.1) is 13.2 Å². The Morgan fingerprint density at radius 1 is 1.16 bits per heavy atom. The van der Waals surface area contributed by atoms with E-state index in [-0.39, 0.29) is 5.75 Å². The van der Waals surface area contributed by atoms with Crippen LogP contribution in [-0.4, -0.2) is 30.2 Å². The zero-order valence-corrected chi connectivity index (χ0v) is 10.3. The molecule has 0 aromatic heterocycles. The average Bonchev–Trinajstić information content (AvgIpc) is 2.30. The van der Waals surface area contributed by atoms with Gasteiger partial charge in [0.05, 0.1) is 5.60 Å². The van der Waals surface area contributed by atoms with Gasteiger partial charge >= 0.3 is 6.36 Å². The van der Waals surface area contributed by atoms with Gasteiger partial charge in [-0.25, -0.2) is 0 Å². The number of ether oxygens (including phenoxy) is 1. The Labute approximate surface area is 109 Å². The van der Waals surface area contributed by atoms with Crippen molar-refractivity contribution in [3.05, 3.63) is 29.8 Å². The largest absolute Gasteiger partial charge is 0.573 e. The molecule has 1 aliphatic heterocycles. The number of rotatable bonds is 3. The van der Waals surface area contributed by atoms with Gasteiger partial charge in [-0.2, -0.15) is 0 Å². The Bertz CT molecular complexity index is 411. The second-order valence-corrected chi connectivity index (χ2v) is 4.84. The van der Waals surface area contributed by atoms with Crippen LogP contribution in [0.15, 0.2) is 24.3 Å². The number of hydrogen-bond acceptors (Lipinski definition) is 3. The van der Waals surface area contributed by atoms with Crippen molar-refractivity contribution in [1.82, 2.24) is 5.32 Å². The minimum atomic E-state index is -4.67. The molecule has 1 saturated heterocycles. The first-order valence-corrected chi connectivity index (χ1v) is 6.14. The number of benzene rings is 1. The van der Waals surface area contributed by atoms with E-state index in [4.69, 9.17) is 0 Å². The van der Waals surface area contributed by atoms with E-state index in [1.54, 1.807) is 12.1 Å². The molecule has 1 aromatic rings. The van der Waals surface area contributed by atoms with E-state index < -0.39 is 12.0 Å². The van der Waals surface area contributed by atoms with Crippen LogP contribution in [0.5, 0.6) is 5.75 Å². The molecule has 0 unspecified atom stereocenters. The van der Waals surface area contributed by atoms with E-state index in [2.05, 4.69) is 10.1 Å². The lowest BCUT2D eigenvalue weighted by molar-refractivity contribution is -0.274. The molecule has 0 aliphatic carbocycles. The van der Waals surface area contributed by atoms with Gasteiger partial charge in [-0.05, 0) is 43.6 Å². The van der Waals surface area contributed by atoms with E-state index in [1.807, 2.05) is 0 Å². The average molecular weight is 275 g/mol. The molecule has 1 fully saturated rings. The minimum absolute atomic E-state index is 0.242. The van der Waals surface area contributed by atoms with E-state index in [0.29, 0.717) is 19.3 Å². The molecule has 1 aromatic carbocycles. The summed E-state index contributed by atoms with van der Waals surface area (Å²) in [6, 6.07) is 5.66. The maximum absolute atomic E-state index is 12.0. The van der Waals surface area contributed by atoms with Gasteiger partial charge < -0.3 is 15.2 Å². The van der Waals surface area contributed by atoms with Crippen LogP contribution in [0.25, 0.3) is 0 Å². The summed E-state index contributed by atoms with van der Waals surface area (Å²) in [6.07, 6.45) is -2.93. The van der Waals surface area contributed by atoms with Crippen LogP contribution in [0.1, 0.15) is 18.4 Å². The summed E-state index contributed by atoms with van der Waals surface area (Å²) >= 11 is 0. The molecule has 0 atom stereocenters. The number of nitrogens with one attached hydrogen (secondary N) is 1. The zero-order valence-electron chi connectivity index (χ0n) is 10.3. The summed E-state index contributed by atoms with van der Waals surface area (Å²) in [6.45, 7) is 1.51. The Balaban J connectivity index is 1.98. The first kappa shape index (κ1) is 14.1. The van der Waals surface area contributed by atoms with Crippen LogP contribution in [0, 0.1) is 0 Å². The molecule has 0 radical (unpaired) electrons. The predicted molar refractivity (Wildman–Crippen MR) is 63.9 cm³/mol. The molecule has 3 nitrogen and oxygen atoms in total. The maximum Gasteiger partial charge on any atom is 0.573 e. The van der Waals surface area contributed by atoms with E-state index in [1.165, 1.54) is 12.1 Å². The number of hydrogen-bond donors (Lipinski definition) is 2. The van der Waals surface area contributed by atoms with Gasteiger partial charge in [0, 0.05) is 6.42 Å². The quantitative estimate of drug-likeness (QED) is 0.889. The van der Waals surface area contributed by atoms with E-state index >= 15 is 0 Å². The van der Waals surface area contributed by atoms with Gasteiger partial charge in [0.25, 0.3) is 0 Å². The molecule has 2 N–H and O–H groups in total. The molecule has 6 heteroatoms. The second-order valence-electron chi connectivity index (χ2n) is 4.84. The number of alkyl halides is 3. The highest BCUT2D eigenvalue weighted by atomic mass is 19.4. The lowest BCUT2D eigenvalue weighted by Crippen LogP contribution is -2.43. The van der Waals surface area contributed by atoms with Gasteiger partial charge in [0.15, 0.2) is 0 Å². The van der Waals surface area contributed by atoms with E-state index in [9.17, 15) is 18.3 Å². The minimum Gasteiger partial charge on any atom is -0.406 e. The molecule has 0 amide bonds. The highest BCUT2D eigenvalue weighted by Gasteiger charge is 2.31. The van der Waals surface area contributed by atoms with E-state index in [0.717, 1.165) is 18.7 Å². The molecule has 1 heterocycles. The summed E-state index contributed by atoms with van der Waals surface area (Å²) in [5, 5.41) is 13.5. The predicted octanol–water partition coefficient (Wildman–Crippen LogP) is 2.24. The maximum atomic E-state index is 12.0. The number of aliphatic hydroxyl groups is 1. The highest BCUT2D eigenvalue weighted by molar-refractivity contribution is 5.28. The third-order valence-electron chi connectivity index (χ3n) is 3.22. The van der Waals surface area contributed by atoms with Crippen LogP contribution in [0.4, 0.5) is 13.2 Å². The Hall–Kier alpha value is -1.27. The van der Waals surface area contributed by atoms with Crippen molar-refractivity contribution in [3.63, 3.8) is 0 Å². The fourth-order valence-corrected chi connectivity index (χ4v) is 2.26. The summed E-state index contributed by atoms with van der Waals surface area (Å²) in [7, 11) is 0. The summed E-state index contributed by atoms with van der Waals surface area (Å²) in [5.41, 5.74) is 0.0383. The first-order valence-electron chi connectivity index (χ1n) is 6.14. The molecule has 1 aliphatic rings. The normalized spacial score (nSPS) is 19.2. The molecule has 0 spiro atoms. The summed E-state index contributed by atoms with van der Waals surface area (Å²) in [4.78, 5) is 0. The summed E-state index contributed by atoms with van der Waals surface area (Å²) < 4.78 is 39.8. The Morgan fingerprint density at radius 2 is 1.74 bits per heavy atom. The van der Waals surface area contributed by atoms with Crippen LogP contribution in [0.3, 0.4) is 0 Å². The molecule has 106 valence electrons. The second kappa shape index (κ2) is 5.38. The highest BCUT2D eigenvalue weighted by Crippen LogP contribution is 2.26. The Morgan fingerprint density at radius 3 is 2.26 bits per heavy atom. The number of halogens is 3. The molecule has 0 bridgehead atoms. The molecular weight excluding hydrogens is 259 g/mol. The van der Waals surface area contributed by atoms with Crippen molar-refractivity contribution in [2.24, 2.45) is 0 Å². The SMILES string of the molecule is OC1(Cc2ccc(OC(F)(F)F)cc2)CCNCC1. The molecular formula is C13H16F3NO2. The van der Waals surface area contributed by atoms with Crippen LogP contribution < -0.4 is 10.1 Å². The smallest absolute Gasteiger partial charge is 0.406 e. The fourth-order valence-electron chi connectivity index (χ4n) is 2.26. The van der Waals surface area contributed by atoms with Crippen LogP contribution in [0.2, 0.25) is 0 Å². The van der Waals surface area contributed by atoms with Crippen LogP contribution >= 0.6 is 0 Å². The topological polar surface area (TPSA) is 41.5 Å². The van der Waals surface area contributed by atoms with Crippen LogP contribution in [-0.2, 0) is 6.42 Å². The van der Waals surface area contributed by atoms with Gasteiger partial charge in [-0.3, -0.25) is 0 Å². The van der Waals surface area contributed by atoms with Crippen molar-refractivity contribution in [2.45, 2.75) is 31.2 Å². The van der Waals surface area contributed by atoms with Crippen molar-refractivity contribution < 1.29 is 23.0 Å². The lowest BCUT2D eigenvalue weighted by Gasteiger charge is -2.32. The lowest BCUT2D eigenvalue weighted by atomic mass is 9.86. The van der Waals surface area contributed by atoms with Crippen molar-refractivity contribution in [1.29, 1.82) is 0 Å². The zero-order chi connectivity index (χ0) is 13.9. The third-order valence-corrected chi connectivity index (χ3v) is 3.22. The van der Waals surface area contributed by atoms with Crippen molar-refractivity contribution in [2.75, 3.05) is 13.1 Å². The standard InChI is InChI=1S/C13H16F3NO2/c14-13(15,16)19-11-3-1-10(2-4-11)9-12(18)5-7-17-8-6-12/h1-4,17-18H,5-9H2. The fraction of sp³-hybridized carbons (Fsp3) is 0.538. The first-order chi connectivity index (χ1) is 8.86. The van der Waals surface area contributed by atoms with Crippen molar-refractivity contribution >= 4 is 0 Å². The summed E-state index contributed by atoms with van der Waals surface area (Å²) in [5.74, 6) is -0.242. The van der Waals surface area contributed by atoms with Gasteiger partial charge in [0.2, 0.25) is 0 Å². The molecule has 0 saturated carbocycles. The third kappa shape index (κ3) is 4.40.